The number of aryl methyl sites for hydroxylation is 1. The number of aliphatic carboxylic acids is 1. The topological polar surface area (TPSA) is 97.2 Å². The van der Waals surface area contributed by atoms with Crippen molar-refractivity contribution in [3.05, 3.63) is 29.8 Å². The number of nitrogens with one attached hydrogen (secondary N) is 1. The maximum absolute atomic E-state index is 11.7. The Balaban J connectivity index is 1.68. The van der Waals surface area contributed by atoms with Crippen LogP contribution in [0.1, 0.15) is 12.0 Å². The van der Waals surface area contributed by atoms with Gasteiger partial charge in [0, 0.05) is 6.42 Å². The Morgan fingerprint density at radius 3 is 3.00 bits per heavy atom. The first kappa shape index (κ1) is 14.8. The lowest BCUT2D eigenvalue weighted by Gasteiger charge is -2.10. The number of carbonyl (C=O) groups is 2. The molecular formula is C14H16N2O5. The molecule has 0 bridgehead atoms. The van der Waals surface area contributed by atoms with Gasteiger partial charge in [0.1, 0.15) is 12.4 Å². The van der Waals surface area contributed by atoms with Crippen molar-refractivity contribution >= 4 is 17.6 Å². The molecule has 0 aliphatic carbocycles. The summed E-state index contributed by atoms with van der Waals surface area (Å²) in [6.45, 7) is 2.58. The van der Waals surface area contributed by atoms with Gasteiger partial charge in [0.25, 0.3) is 5.91 Å². The molecule has 1 aromatic carbocycles. The first-order valence-electron chi connectivity index (χ1n) is 6.49. The van der Waals surface area contributed by atoms with Gasteiger partial charge in [-0.25, -0.2) is 4.79 Å². The predicted molar refractivity (Wildman–Crippen MR) is 74.2 cm³/mol. The lowest BCUT2D eigenvalue weighted by atomic mass is 10.2. The molecule has 0 spiro atoms. The minimum Gasteiger partial charge on any atom is -0.492 e. The first-order valence-corrected chi connectivity index (χ1v) is 6.49. The standard InChI is InChI=1S/C14H16N2O5/c1-9-3-2-4-10(7-9)20-6-5-15-13(17)12-8-11(14(18)19)16-21-12/h2-4,7,12H,5-6,8H2,1H3,(H,15,17)(H,18,19). The largest absolute Gasteiger partial charge is 0.492 e. The number of nitrogens with zero attached hydrogens (tertiary/aromatic N) is 1. The second-order valence-corrected chi connectivity index (χ2v) is 4.60. The molecule has 0 saturated heterocycles. The lowest BCUT2D eigenvalue weighted by Crippen LogP contribution is -2.37. The Morgan fingerprint density at radius 1 is 1.52 bits per heavy atom. The third-order valence-electron chi connectivity index (χ3n) is 2.87. The summed E-state index contributed by atoms with van der Waals surface area (Å²) >= 11 is 0. The van der Waals surface area contributed by atoms with Crippen LogP contribution in [-0.2, 0) is 14.4 Å². The van der Waals surface area contributed by atoms with Crippen molar-refractivity contribution in [3.63, 3.8) is 0 Å². The van der Waals surface area contributed by atoms with E-state index in [1.165, 1.54) is 0 Å². The summed E-state index contributed by atoms with van der Waals surface area (Å²) in [5.41, 5.74) is 0.945. The molecule has 1 atom stereocenters. The highest BCUT2D eigenvalue weighted by molar-refractivity contribution is 6.36. The summed E-state index contributed by atoms with van der Waals surface area (Å²) in [5, 5.41) is 14.7. The van der Waals surface area contributed by atoms with E-state index in [0.717, 1.165) is 11.3 Å². The number of hydrogen-bond donors (Lipinski definition) is 2. The molecular weight excluding hydrogens is 276 g/mol. The fourth-order valence-electron chi connectivity index (χ4n) is 1.81. The van der Waals surface area contributed by atoms with E-state index in [4.69, 9.17) is 14.7 Å². The van der Waals surface area contributed by atoms with Crippen LogP contribution in [0.25, 0.3) is 0 Å². The minimum absolute atomic E-state index is 0.0279. The first-order chi connectivity index (χ1) is 10.1. The smallest absolute Gasteiger partial charge is 0.353 e. The zero-order valence-electron chi connectivity index (χ0n) is 11.5. The third-order valence-corrected chi connectivity index (χ3v) is 2.87. The summed E-state index contributed by atoms with van der Waals surface area (Å²) in [6, 6.07) is 7.59. The Kier molecular flexibility index (Phi) is 4.76. The second kappa shape index (κ2) is 6.74. The highest BCUT2D eigenvalue weighted by atomic mass is 16.6. The van der Waals surface area contributed by atoms with Gasteiger partial charge in [-0.3, -0.25) is 4.79 Å². The monoisotopic (exact) mass is 292 g/mol. The van der Waals surface area contributed by atoms with Gasteiger partial charge >= 0.3 is 5.97 Å². The van der Waals surface area contributed by atoms with Crippen molar-refractivity contribution in [2.24, 2.45) is 5.16 Å². The van der Waals surface area contributed by atoms with Gasteiger partial charge in [-0.05, 0) is 24.6 Å². The van der Waals surface area contributed by atoms with E-state index < -0.39 is 18.0 Å². The van der Waals surface area contributed by atoms with Gasteiger partial charge in [-0.1, -0.05) is 17.3 Å². The van der Waals surface area contributed by atoms with Crippen molar-refractivity contribution in [1.29, 1.82) is 0 Å². The van der Waals surface area contributed by atoms with E-state index in [0.29, 0.717) is 13.2 Å². The van der Waals surface area contributed by atoms with E-state index >= 15 is 0 Å². The number of hydrogen-bond acceptors (Lipinski definition) is 5. The van der Waals surface area contributed by atoms with Crippen molar-refractivity contribution in [2.45, 2.75) is 19.4 Å². The van der Waals surface area contributed by atoms with Crippen molar-refractivity contribution in [3.8, 4) is 5.75 Å². The van der Waals surface area contributed by atoms with Crippen molar-refractivity contribution in [2.75, 3.05) is 13.2 Å². The van der Waals surface area contributed by atoms with Crippen LogP contribution in [-0.4, -0.2) is 42.0 Å². The zero-order valence-corrected chi connectivity index (χ0v) is 11.5. The number of oxime groups is 1. The molecule has 112 valence electrons. The molecule has 1 aliphatic rings. The van der Waals surface area contributed by atoms with Crippen LogP contribution in [0, 0.1) is 6.92 Å². The molecule has 1 aliphatic heterocycles. The summed E-state index contributed by atoms with van der Waals surface area (Å²) < 4.78 is 5.48. The Labute approximate surface area is 121 Å². The summed E-state index contributed by atoms with van der Waals surface area (Å²) in [5.74, 6) is -0.839. The Bertz CT molecular complexity index is 570. The number of amides is 1. The SMILES string of the molecule is Cc1cccc(OCCNC(=O)C2CC(C(=O)O)=NO2)c1. The number of carboxylic acids is 1. The number of benzene rings is 1. The Morgan fingerprint density at radius 2 is 2.33 bits per heavy atom. The van der Waals surface area contributed by atoms with Gasteiger partial charge < -0.3 is 20.0 Å². The van der Waals surface area contributed by atoms with E-state index in [2.05, 4.69) is 10.5 Å². The number of carboxylic acid groups (broad SMARTS) is 1. The maximum Gasteiger partial charge on any atom is 0.353 e. The van der Waals surface area contributed by atoms with Crippen molar-refractivity contribution < 1.29 is 24.3 Å². The molecule has 1 unspecified atom stereocenters. The fourth-order valence-corrected chi connectivity index (χ4v) is 1.81. The molecule has 0 radical (unpaired) electrons. The van der Waals surface area contributed by atoms with Crippen LogP contribution in [0.5, 0.6) is 5.75 Å². The van der Waals surface area contributed by atoms with Gasteiger partial charge in [0.05, 0.1) is 6.54 Å². The fraction of sp³-hybridized carbons (Fsp3) is 0.357. The lowest BCUT2D eigenvalue weighted by molar-refractivity contribution is -0.131. The second-order valence-electron chi connectivity index (χ2n) is 4.60. The van der Waals surface area contributed by atoms with E-state index in [-0.39, 0.29) is 12.1 Å². The Hall–Kier alpha value is -2.57. The van der Waals surface area contributed by atoms with Crippen LogP contribution in [0.3, 0.4) is 0 Å². The number of rotatable bonds is 6. The number of ether oxygens (including phenoxy) is 1. The van der Waals surface area contributed by atoms with Gasteiger partial charge in [0.15, 0.2) is 5.71 Å². The molecule has 2 N–H and O–H groups in total. The summed E-state index contributed by atoms with van der Waals surface area (Å²) in [6.07, 6.45) is -0.907. The minimum atomic E-state index is -1.17. The molecule has 2 rings (SSSR count). The molecule has 7 nitrogen and oxygen atoms in total. The number of carbonyl (C=O) groups excluding carboxylic acids is 1. The zero-order chi connectivity index (χ0) is 15.2. The van der Waals surface area contributed by atoms with Crippen LogP contribution >= 0.6 is 0 Å². The van der Waals surface area contributed by atoms with Gasteiger partial charge in [-0.15, -0.1) is 0 Å². The molecule has 21 heavy (non-hydrogen) atoms. The average molecular weight is 292 g/mol. The average Bonchev–Trinajstić information content (AvgIpc) is 2.93. The van der Waals surface area contributed by atoms with Gasteiger partial charge in [0.2, 0.25) is 6.10 Å². The highest BCUT2D eigenvalue weighted by Crippen LogP contribution is 2.12. The molecule has 1 heterocycles. The van der Waals surface area contributed by atoms with E-state index in [1.807, 2.05) is 31.2 Å². The van der Waals surface area contributed by atoms with Crippen LogP contribution in [0.2, 0.25) is 0 Å². The molecule has 7 heteroatoms. The van der Waals surface area contributed by atoms with Crippen LogP contribution < -0.4 is 10.1 Å². The van der Waals surface area contributed by atoms with E-state index in [1.54, 1.807) is 0 Å². The summed E-state index contributed by atoms with van der Waals surface area (Å²) in [4.78, 5) is 27.1. The molecule has 0 aromatic heterocycles. The molecule has 1 aromatic rings. The molecule has 0 fully saturated rings. The molecule has 1 amide bonds. The normalized spacial score (nSPS) is 16.8. The quantitative estimate of drug-likeness (QED) is 0.753. The predicted octanol–water partition coefficient (Wildman–Crippen LogP) is 0.720. The highest BCUT2D eigenvalue weighted by Gasteiger charge is 2.31. The van der Waals surface area contributed by atoms with Gasteiger partial charge in [-0.2, -0.15) is 0 Å². The van der Waals surface area contributed by atoms with Crippen LogP contribution in [0.15, 0.2) is 29.4 Å². The van der Waals surface area contributed by atoms with Crippen LogP contribution in [0.4, 0.5) is 0 Å². The third kappa shape index (κ3) is 4.20. The summed E-state index contributed by atoms with van der Waals surface area (Å²) in [7, 11) is 0. The van der Waals surface area contributed by atoms with E-state index in [9.17, 15) is 9.59 Å². The van der Waals surface area contributed by atoms with Crippen molar-refractivity contribution in [1.82, 2.24) is 5.32 Å². The maximum atomic E-state index is 11.7. The molecule has 0 saturated carbocycles.